The number of amides is 2. The van der Waals surface area contributed by atoms with E-state index in [0.717, 1.165) is 31.7 Å². The molecular weight excluding hydrogens is 292 g/mol. The molecular formula is C17H26N4O2. The Bertz CT molecular complexity index is 515. The quantitative estimate of drug-likeness (QED) is 0.803. The maximum Gasteiger partial charge on any atom is 0.236 e. The molecule has 1 heterocycles. The maximum absolute atomic E-state index is 12.3. The lowest BCUT2D eigenvalue weighted by Gasteiger charge is -2.29. The van der Waals surface area contributed by atoms with E-state index in [1.807, 2.05) is 42.3 Å². The number of hydrogen-bond donors (Lipinski definition) is 1. The van der Waals surface area contributed by atoms with E-state index in [2.05, 4.69) is 5.32 Å². The number of nitrogens with zero attached hydrogens (tertiary/aromatic N) is 3. The summed E-state index contributed by atoms with van der Waals surface area (Å²) in [7, 11) is 3.61. The highest BCUT2D eigenvalue weighted by Crippen LogP contribution is 2.03. The number of likely N-dealkylation sites (N-methyl/N-ethyl adjacent to an activating group) is 2. The second-order valence-electron chi connectivity index (χ2n) is 6.04. The topological polar surface area (TPSA) is 55.9 Å². The van der Waals surface area contributed by atoms with Crippen LogP contribution in [-0.2, 0) is 16.1 Å². The van der Waals surface area contributed by atoms with E-state index >= 15 is 0 Å². The van der Waals surface area contributed by atoms with Gasteiger partial charge in [-0.1, -0.05) is 30.3 Å². The van der Waals surface area contributed by atoms with Crippen molar-refractivity contribution in [2.75, 3.05) is 53.4 Å². The van der Waals surface area contributed by atoms with Crippen molar-refractivity contribution >= 4 is 11.8 Å². The molecule has 1 aliphatic rings. The van der Waals surface area contributed by atoms with Crippen LogP contribution in [0.25, 0.3) is 0 Å². The number of rotatable bonds is 6. The van der Waals surface area contributed by atoms with Gasteiger partial charge >= 0.3 is 0 Å². The summed E-state index contributed by atoms with van der Waals surface area (Å²) in [5, 5.41) is 3.22. The van der Waals surface area contributed by atoms with E-state index in [-0.39, 0.29) is 24.9 Å². The average molecular weight is 318 g/mol. The molecule has 0 unspecified atom stereocenters. The maximum atomic E-state index is 12.3. The summed E-state index contributed by atoms with van der Waals surface area (Å²) in [5.74, 6) is 0.108. The van der Waals surface area contributed by atoms with Crippen LogP contribution in [0.2, 0.25) is 0 Å². The van der Waals surface area contributed by atoms with Crippen molar-refractivity contribution in [1.29, 1.82) is 0 Å². The summed E-state index contributed by atoms with van der Waals surface area (Å²) in [6.45, 7) is 4.29. The molecule has 0 atom stereocenters. The zero-order valence-corrected chi connectivity index (χ0v) is 14.0. The Hall–Kier alpha value is -1.92. The fraction of sp³-hybridized carbons (Fsp3) is 0.529. The lowest BCUT2D eigenvalue weighted by Crippen LogP contribution is -2.50. The van der Waals surface area contributed by atoms with Gasteiger partial charge in [0.25, 0.3) is 0 Å². The highest BCUT2D eigenvalue weighted by atomic mass is 16.2. The molecule has 0 spiro atoms. The van der Waals surface area contributed by atoms with E-state index in [9.17, 15) is 9.59 Å². The fourth-order valence-electron chi connectivity index (χ4n) is 2.60. The summed E-state index contributed by atoms with van der Waals surface area (Å²) in [4.78, 5) is 29.8. The third kappa shape index (κ3) is 5.65. The first-order chi connectivity index (χ1) is 11.1. The van der Waals surface area contributed by atoms with E-state index in [0.29, 0.717) is 6.54 Å². The third-order valence-corrected chi connectivity index (χ3v) is 3.97. The van der Waals surface area contributed by atoms with Crippen LogP contribution in [0.1, 0.15) is 5.56 Å². The Morgan fingerprint density at radius 2 is 1.74 bits per heavy atom. The number of piperazine rings is 1. The second kappa shape index (κ2) is 8.64. The van der Waals surface area contributed by atoms with Gasteiger partial charge in [-0.2, -0.15) is 0 Å². The van der Waals surface area contributed by atoms with Crippen molar-refractivity contribution in [3.05, 3.63) is 35.9 Å². The van der Waals surface area contributed by atoms with Crippen LogP contribution >= 0.6 is 0 Å². The smallest absolute Gasteiger partial charge is 0.236 e. The Morgan fingerprint density at radius 1 is 1.09 bits per heavy atom. The predicted octanol–water partition coefficient (Wildman–Crippen LogP) is 0.00860. The molecule has 0 aliphatic carbocycles. The Kier molecular flexibility index (Phi) is 6.55. The summed E-state index contributed by atoms with van der Waals surface area (Å²) in [6, 6.07) is 9.89. The van der Waals surface area contributed by atoms with Gasteiger partial charge in [0.15, 0.2) is 0 Å². The van der Waals surface area contributed by atoms with E-state index in [1.54, 1.807) is 16.8 Å². The molecule has 1 aliphatic heterocycles. The second-order valence-corrected chi connectivity index (χ2v) is 6.04. The Labute approximate surface area is 138 Å². The van der Waals surface area contributed by atoms with Crippen molar-refractivity contribution in [1.82, 2.24) is 20.0 Å². The molecule has 126 valence electrons. The molecule has 0 saturated carbocycles. The van der Waals surface area contributed by atoms with Gasteiger partial charge < -0.3 is 15.1 Å². The van der Waals surface area contributed by atoms with Crippen LogP contribution in [0.15, 0.2) is 30.3 Å². The fourth-order valence-corrected chi connectivity index (χ4v) is 2.60. The van der Waals surface area contributed by atoms with E-state index in [1.165, 1.54) is 0 Å². The Balaban J connectivity index is 1.76. The standard InChI is InChI=1S/C17H26N4O2/c1-19(14-17(23)21-10-8-18-9-11-21)13-16(22)20(2)12-15-6-4-3-5-7-15/h3-7,18H,8-14H2,1-2H3. The van der Waals surface area contributed by atoms with Crippen LogP contribution in [0.4, 0.5) is 0 Å². The number of carbonyl (C=O) groups is 2. The highest BCUT2D eigenvalue weighted by Gasteiger charge is 2.19. The first kappa shape index (κ1) is 17.4. The summed E-state index contributed by atoms with van der Waals surface area (Å²) >= 11 is 0. The lowest BCUT2D eigenvalue weighted by atomic mass is 10.2. The third-order valence-electron chi connectivity index (χ3n) is 3.97. The minimum absolute atomic E-state index is 0.0180. The van der Waals surface area contributed by atoms with Crippen molar-refractivity contribution in [2.24, 2.45) is 0 Å². The van der Waals surface area contributed by atoms with Gasteiger partial charge in [-0.25, -0.2) is 0 Å². The molecule has 23 heavy (non-hydrogen) atoms. The van der Waals surface area contributed by atoms with E-state index < -0.39 is 0 Å². The predicted molar refractivity (Wildman–Crippen MR) is 89.9 cm³/mol. The first-order valence-corrected chi connectivity index (χ1v) is 8.01. The summed E-state index contributed by atoms with van der Waals surface area (Å²) < 4.78 is 0. The summed E-state index contributed by atoms with van der Waals surface area (Å²) in [5.41, 5.74) is 1.10. The zero-order chi connectivity index (χ0) is 16.7. The molecule has 0 aromatic heterocycles. The van der Waals surface area contributed by atoms with E-state index in [4.69, 9.17) is 0 Å². The van der Waals surface area contributed by atoms with Gasteiger partial charge in [-0.3, -0.25) is 14.5 Å². The Morgan fingerprint density at radius 3 is 2.39 bits per heavy atom. The van der Waals surface area contributed by atoms with Gasteiger partial charge in [-0.15, -0.1) is 0 Å². The molecule has 6 heteroatoms. The molecule has 0 radical (unpaired) electrons. The minimum Gasteiger partial charge on any atom is -0.340 e. The number of carbonyl (C=O) groups excluding carboxylic acids is 2. The molecule has 1 saturated heterocycles. The SMILES string of the molecule is CN(CC(=O)N(C)Cc1ccccc1)CC(=O)N1CCNCC1. The monoisotopic (exact) mass is 318 g/mol. The zero-order valence-electron chi connectivity index (χ0n) is 14.0. The lowest BCUT2D eigenvalue weighted by molar-refractivity contribution is -0.135. The van der Waals surface area contributed by atoms with Gasteiger partial charge in [0, 0.05) is 39.8 Å². The normalized spacial score (nSPS) is 14.8. The largest absolute Gasteiger partial charge is 0.340 e. The van der Waals surface area contributed by atoms with Gasteiger partial charge in [-0.05, 0) is 12.6 Å². The number of nitrogens with one attached hydrogen (secondary N) is 1. The van der Waals surface area contributed by atoms with Crippen LogP contribution in [0, 0.1) is 0 Å². The molecule has 1 N–H and O–H groups in total. The molecule has 1 fully saturated rings. The van der Waals surface area contributed by atoms with Gasteiger partial charge in [0.05, 0.1) is 13.1 Å². The van der Waals surface area contributed by atoms with Crippen LogP contribution in [0.3, 0.4) is 0 Å². The van der Waals surface area contributed by atoms with Crippen molar-refractivity contribution in [3.8, 4) is 0 Å². The molecule has 6 nitrogen and oxygen atoms in total. The number of hydrogen-bond acceptors (Lipinski definition) is 4. The van der Waals surface area contributed by atoms with Crippen LogP contribution in [-0.4, -0.2) is 79.9 Å². The van der Waals surface area contributed by atoms with Crippen molar-refractivity contribution in [3.63, 3.8) is 0 Å². The van der Waals surface area contributed by atoms with Crippen LogP contribution in [0.5, 0.6) is 0 Å². The van der Waals surface area contributed by atoms with Crippen molar-refractivity contribution < 1.29 is 9.59 Å². The molecule has 1 aromatic carbocycles. The minimum atomic E-state index is 0.0180. The molecule has 2 rings (SSSR count). The van der Waals surface area contributed by atoms with Crippen molar-refractivity contribution in [2.45, 2.75) is 6.54 Å². The highest BCUT2D eigenvalue weighted by molar-refractivity contribution is 5.81. The molecule has 2 amide bonds. The van der Waals surface area contributed by atoms with Crippen LogP contribution < -0.4 is 5.32 Å². The van der Waals surface area contributed by atoms with Gasteiger partial charge in [0.2, 0.25) is 11.8 Å². The molecule has 0 bridgehead atoms. The first-order valence-electron chi connectivity index (χ1n) is 8.01. The van der Waals surface area contributed by atoms with Gasteiger partial charge in [0.1, 0.15) is 0 Å². The summed E-state index contributed by atoms with van der Waals surface area (Å²) in [6.07, 6.45) is 0. The number of benzene rings is 1. The average Bonchev–Trinajstić information content (AvgIpc) is 2.56. The molecule has 1 aromatic rings.